The SMILES string of the molecule is Cc1cccc(Cc2[nH]nc3ncnc(N)c23)c1. The third-order valence-electron chi connectivity index (χ3n) is 2.92. The Morgan fingerprint density at radius 3 is 3.00 bits per heavy atom. The van der Waals surface area contributed by atoms with E-state index in [2.05, 4.69) is 45.3 Å². The number of hydrogen-bond donors (Lipinski definition) is 2. The van der Waals surface area contributed by atoms with E-state index in [9.17, 15) is 0 Å². The summed E-state index contributed by atoms with van der Waals surface area (Å²) in [5.41, 5.74) is 9.89. The number of H-pyrrole nitrogens is 1. The summed E-state index contributed by atoms with van der Waals surface area (Å²) in [6, 6.07) is 8.35. The molecule has 0 saturated carbocycles. The Kier molecular flexibility index (Phi) is 2.44. The molecule has 2 heterocycles. The van der Waals surface area contributed by atoms with Crippen molar-refractivity contribution in [1.29, 1.82) is 0 Å². The molecule has 5 heteroatoms. The molecule has 18 heavy (non-hydrogen) atoms. The fourth-order valence-electron chi connectivity index (χ4n) is 2.09. The molecule has 3 aromatic rings. The van der Waals surface area contributed by atoms with Crippen molar-refractivity contribution in [3.8, 4) is 0 Å². The molecular formula is C13H13N5. The lowest BCUT2D eigenvalue weighted by atomic mass is 10.1. The van der Waals surface area contributed by atoms with Gasteiger partial charge in [-0.15, -0.1) is 0 Å². The first kappa shape index (κ1) is 10.7. The average molecular weight is 239 g/mol. The molecule has 0 saturated heterocycles. The number of anilines is 1. The standard InChI is InChI=1S/C13H13N5/c1-8-3-2-4-9(5-8)6-10-11-12(14)15-7-16-13(11)18-17-10/h2-5,7H,6H2,1H3,(H3,14,15,16,17,18). The van der Waals surface area contributed by atoms with E-state index < -0.39 is 0 Å². The minimum Gasteiger partial charge on any atom is -0.383 e. The summed E-state index contributed by atoms with van der Waals surface area (Å²) in [5, 5.41) is 7.95. The zero-order valence-electron chi connectivity index (χ0n) is 10.0. The smallest absolute Gasteiger partial charge is 0.186 e. The molecule has 0 aliphatic heterocycles. The van der Waals surface area contributed by atoms with Gasteiger partial charge in [0.1, 0.15) is 12.1 Å². The number of nitrogen functional groups attached to an aromatic ring is 1. The minimum absolute atomic E-state index is 0.469. The van der Waals surface area contributed by atoms with Crippen LogP contribution in [0.25, 0.3) is 11.0 Å². The Morgan fingerprint density at radius 2 is 2.17 bits per heavy atom. The van der Waals surface area contributed by atoms with E-state index in [4.69, 9.17) is 5.73 Å². The van der Waals surface area contributed by atoms with Gasteiger partial charge < -0.3 is 5.73 Å². The number of hydrogen-bond acceptors (Lipinski definition) is 4. The van der Waals surface area contributed by atoms with Crippen molar-refractivity contribution >= 4 is 16.9 Å². The van der Waals surface area contributed by atoms with Crippen LogP contribution in [-0.2, 0) is 6.42 Å². The number of fused-ring (bicyclic) bond motifs is 1. The van der Waals surface area contributed by atoms with E-state index in [1.807, 2.05) is 6.07 Å². The number of nitrogens with two attached hydrogens (primary N) is 1. The summed E-state index contributed by atoms with van der Waals surface area (Å²) in [7, 11) is 0. The number of nitrogens with one attached hydrogen (secondary N) is 1. The van der Waals surface area contributed by atoms with Gasteiger partial charge in [-0.25, -0.2) is 9.97 Å². The zero-order valence-corrected chi connectivity index (χ0v) is 10.0. The first-order chi connectivity index (χ1) is 8.74. The minimum atomic E-state index is 0.469. The lowest BCUT2D eigenvalue weighted by Crippen LogP contribution is -1.95. The third kappa shape index (κ3) is 1.79. The van der Waals surface area contributed by atoms with Crippen LogP contribution in [0.4, 0.5) is 5.82 Å². The number of rotatable bonds is 2. The first-order valence-electron chi connectivity index (χ1n) is 5.73. The van der Waals surface area contributed by atoms with Gasteiger partial charge in [-0.2, -0.15) is 5.10 Å². The van der Waals surface area contributed by atoms with E-state index in [1.165, 1.54) is 17.5 Å². The number of nitrogens with zero attached hydrogens (tertiary/aromatic N) is 3. The van der Waals surface area contributed by atoms with Crippen LogP contribution in [0.2, 0.25) is 0 Å². The molecule has 0 bridgehead atoms. The van der Waals surface area contributed by atoms with Crippen LogP contribution >= 0.6 is 0 Å². The van der Waals surface area contributed by atoms with Crippen molar-refractivity contribution in [2.24, 2.45) is 0 Å². The highest BCUT2D eigenvalue weighted by atomic mass is 15.2. The third-order valence-corrected chi connectivity index (χ3v) is 2.92. The first-order valence-corrected chi connectivity index (χ1v) is 5.73. The fraction of sp³-hybridized carbons (Fsp3) is 0.154. The molecular weight excluding hydrogens is 226 g/mol. The predicted molar refractivity (Wildman–Crippen MR) is 70.1 cm³/mol. The highest BCUT2D eigenvalue weighted by Crippen LogP contribution is 2.21. The molecule has 2 aromatic heterocycles. The summed E-state index contributed by atoms with van der Waals surface area (Å²) in [5.74, 6) is 0.469. The van der Waals surface area contributed by atoms with E-state index in [0.29, 0.717) is 11.5 Å². The molecule has 0 aliphatic carbocycles. The average Bonchev–Trinajstić information content (AvgIpc) is 2.74. The molecule has 5 nitrogen and oxygen atoms in total. The van der Waals surface area contributed by atoms with E-state index in [1.54, 1.807) is 0 Å². The fourth-order valence-corrected chi connectivity index (χ4v) is 2.09. The Labute approximate surface area is 104 Å². The summed E-state index contributed by atoms with van der Waals surface area (Å²) in [6.07, 6.45) is 2.17. The van der Waals surface area contributed by atoms with Crippen molar-refractivity contribution in [3.63, 3.8) is 0 Å². The summed E-state index contributed by atoms with van der Waals surface area (Å²) >= 11 is 0. The monoisotopic (exact) mass is 239 g/mol. The lowest BCUT2D eigenvalue weighted by Gasteiger charge is -2.02. The van der Waals surface area contributed by atoms with Crippen LogP contribution < -0.4 is 5.73 Å². The number of aryl methyl sites for hydroxylation is 1. The topological polar surface area (TPSA) is 80.5 Å². The molecule has 0 atom stereocenters. The van der Waals surface area contributed by atoms with Crippen molar-refractivity contribution in [1.82, 2.24) is 20.2 Å². The maximum Gasteiger partial charge on any atom is 0.186 e. The largest absolute Gasteiger partial charge is 0.383 e. The van der Waals surface area contributed by atoms with Gasteiger partial charge in [-0.05, 0) is 12.5 Å². The Morgan fingerprint density at radius 1 is 1.28 bits per heavy atom. The Balaban J connectivity index is 2.05. The molecule has 0 aliphatic rings. The Hall–Kier alpha value is -2.43. The van der Waals surface area contributed by atoms with Crippen LogP contribution in [0.3, 0.4) is 0 Å². The molecule has 0 amide bonds. The zero-order chi connectivity index (χ0) is 12.5. The van der Waals surface area contributed by atoms with Gasteiger partial charge in [-0.3, -0.25) is 5.10 Å². The van der Waals surface area contributed by atoms with Crippen molar-refractivity contribution in [2.45, 2.75) is 13.3 Å². The highest BCUT2D eigenvalue weighted by Gasteiger charge is 2.10. The van der Waals surface area contributed by atoms with Crippen LogP contribution in [0.1, 0.15) is 16.8 Å². The lowest BCUT2D eigenvalue weighted by molar-refractivity contribution is 1.00. The number of benzene rings is 1. The second kappa shape index (κ2) is 4.10. The van der Waals surface area contributed by atoms with Crippen molar-refractivity contribution in [2.75, 3.05) is 5.73 Å². The molecule has 0 unspecified atom stereocenters. The van der Waals surface area contributed by atoms with Gasteiger partial charge in [0, 0.05) is 6.42 Å². The summed E-state index contributed by atoms with van der Waals surface area (Å²) in [4.78, 5) is 8.09. The Bertz CT molecular complexity index is 701. The van der Waals surface area contributed by atoms with Gasteiger partial charge in [-0.1, -0.05) is 29.8 Å². The molecule has 1 aromatic carbocycles. The summed E-state index contributed by atoms with van der Waals surface area (Å²) in [6.45, 7) is 2.08. The summed E-state index contributed by atoms with van der Waals surface area (Å²) < 4.78 is 0. The highest BCUT2D eigenvalue weighted by molar-refractivity contribution is 5.87. The van der Waals surface area contributed by atoms with Crippen LogP contribution in [0.15, 0.2) is 30.6 Å². The van der Waals surface area contributed by atoms with Crippen LogP contribution in [0.5, 0.6) is 0 Å². The number of aromatic nitrogens is 4. The van der Waals surface area contributed by atoms with Crippen molar-refractivity contribution < 1.29 is 0 Å². The maximum absolute atomic E-state index is 5.87. The molecule has 3 rings (SSSR count). The maximum atomic E-state index is 5.87. The van der Waals surface area contributed by atoms with E-state index >= 15 is 0 Å². The molecule has 0 fully saturated rings. The number of aromatic amines is 1. The molecule has 90 valence electrons. The quantitative estimate of drug-likeness (QED) is 0.715. The van der Waals surface area contributed by atoms with Crippen LogP contribution in [0, 0.1) is 6.92 Å². The molecule has 0 spiro atoms. The van der Waals surface area contributed by atoms with Gasteiger partial charge in [0.2, 0.25) is 0 Å². The molecule has 3 N–H and O–H groups in total. The van der Waals surface area contributed by atoms with Crippen molar-refractivity contribution in [3.05, 3.63) is 47.4 Å². The second-order valence-corrected chi connectivity index (χ2v) is 4.33. The molecule has 0 radical (unpaired) electrons. The second-order valence-electron chi connectivity index (χ2n) is 4.33. The van der Waals surface area contributed by atoms with Gasteiger partial charge in [0.25, 0.3) is 0 Å². The van der Waals surface area contributed by atoms with E-state index in [0.717, 1.165) is 17.5 Å². The van der Waals surface area contributed by atoms with E-state index in [-0.39, 0.29) is 0 Å². The van der Waals surface area contributed by atoms with Gasteiger partial charge >= 0.3 is 0 Å². The van der Waals surface area contributed by atoms with Crippen LogP contribution in [-0.4, -0.2) is 20.2 Å². The van der Waals surface area contributed by atoms with Gasteiger partial charge in [0.05, 0.1) is 11.1 Å². The normalized spacial score (nSPS) is 10.9. The van der Waals surface area contributed by atoms with Gasteiger partial charge in [0.15, 0.2) is 5.65 Å². The predicted octanol–water partition coefficient (Wildman–Crippen LogP) is 1.83.